The van der Waals surface area contributed by atoms with Gasteiger partial charge in [-0.2, -0.15) is 5.10 Å². The van der Waals surface area contributed by atoms with Crippen molar-refractivity contribution in [3.63, 3.8) is 0 Å². The molecule has 1 N–H and O–H groups in total. The third-order valence-corrected chi connectivity index (χ3v) is 4.74. The summed E-state index contributed by atoms with van der Waals surface area (Å²) in [5.74, 6) is 0. The van der Waals surface area contributed by atoms with Crippen LogP contribution in [0.4, 0.5) is 0 Å². The Balaban J connectivity index is 1.84. The minimum atomic E-state index is -0.165. The first-order chi connectivity index (χ1) is 10.5. The van der Waals surface area contributed by atoms with Crippen LogP contribution in [0.15, 0.2) is 24.3 Å². The highest BCUT2D eigenvalue weighted by Gasteiger charge is 2.21. The first-order valence-corrected chi connectivity index (χ1v) is 8.20. The van der Waals surface area contributed by atoms with Gasteiger partial charge in [0, 0.05) is 30.2 Å². The van der Waals surface area contributed by atoms with Crippen LogP contribution in [0.25, 0.3) is 5.69 Å². The Morgan fingerprint density at radius 1 is 1.27 bits per heavy atom. The number of halogens is 2. The second kappa shape index (κ2) is 6.59. The van der Waals surface area contributed by atoms with Crippen molar-refractivity contribution < 1.29 is 5.11 Å². The maximum atomic E-state index is 9.60. The Bertz CT molecular complexity index is 663. The van der Waals surface area contributed by atoms with Gasteiger partial charge in [0.2, 0.25) is 0 Å². The van der Waals surface area contributed by atoms with Crippen molar-refractivity contribution in [3.05, 3.63) is 45.7 Å². The third-order valence-electron chi connectivity index (χ3n) is 4.11. The van der Waals surface area contributed by atoms with Crippen LogP contribution in [0, 0.1) is 6.92 Å². The van der Waals surface area contributed by atoms with Crippen LogP contribution in [0.1, 0.15) is 24.1 Å². The number of aromatic nitrogens is 2. The van der Waals surface area contributed by atoms with E-state index >= 15 is 0 Å². The Kier molecular flexibility index (Phi) is 4.73. The maximum Gasteiger partial charge on any atom is 0.137 e. The zero-order valence-electron chi connectivity index (χ0n) is 12.5. The molecular formula is C16H19Cl2N3O. The number of rotatable bonds is 3. The summed E-state index contributed by atoms with van der Waals surface area (Å²) in [6.07, 6.45) is 1.47. The molecule has 2 aromatic rings. The molecule has 0 aliphatic carbocycles. The zero-order chi connectivity index (χ0) is 15.7. The fraction of sp³-hybridized carbons (Fsp3) is 0.438. The highest BCUT2D eigenvalue weighted by atomic mass is 35.5. The Labute approximate surface area is 140 Å². The molecule has 1 aliphatic heterocycles. The summed E-state index contributed by atoms with van der Waals surface area (Å²) in [6, 6.07) is 7.50. The van der Waals surface area contributed by atoms with E-state index < -0.39 is 0 Å². The number of piperidine rings is 1. The highest BCUT2D eigenvalue weighted by molar-refractivity contribution is 6.31. The number of benzene rings is 1. The molecule has 118 valence electrons. The highest BCUT2D eigenvalue weighted by Crippen LogP contribution is 2.27. The van der Waals surface area contributed by atoms with E-state index in [0.717, 1.165) is 49.4 Å². The van der Waals surface area contributed by atoms with Gasteiger partial charge in [-0.15, -0.1) is 0 Å². The Hall–Kier alpha value is -1.07. The topological polar surface area (TPSA) is 41.3 Å². The standard InChI is InChI=1S/C16H19Cl2N3O/c1-11-15(10-20-7-5-14(22)6-8-20)16(18)21(19-11)13-4-2-3-12(17)9-13/h2-4,9,14,22H,5-8,10H2,1H3. The minimum absolute atomic E-state index is 0.165. The lowest BCUT2D eigenvalue weighted by Crippen LogP contribution is -2.35. The first kappa shape index (κ1) is 15.8. The van der Waals surface area contributed by atoms with E-state index in [0.29, 0.717) is 10.2 Å². The molecule has 4 nitrogen and oxygen atoms in total. The van der Waals surface area contributed by atoms with E-state index in [4.69, 9.17) is 23.2 Å². The van der Waals surface area contributed by atoms with E-state index in [1.807, 2.05) is 31.2 Å². The lowest BCUT2D eigenvalue weighted by atomic mass is 10.1. The number of hydrogen-bond acceptors (Lipinski definition) is 3. The number of aliphatic hydroxyl groups excluding tert-OH is 1. The van der Waals surface area contributed by atoms with Gasteiger partial charge in [0.25, 0.3) is 0 Å². The van der Waals surface area contributed by atoms with Crippen molar-refractivity contribution >= 4 is 23.2 Å². The van der Waals surface area contributed by atoms with Gasteiger partial charge in [0.1, 0.15) is 5.15 Å². The van der Waals surface area contributed by atoms with E-state index in [1.54, 1.807) is 4.68 Å². The molecule has 0 atom stereocenters. The summed E-state index contributed by atoms with van der Waals surface area (Å²) in [5, 5.41) is 15.4. The van der Waals surface area contributed by atoms with E-state index in [9.17, 15) is 5.11 Å². The predicted molar refractivity (Wildman–Crippen MR) is 88.8 cm³/mol. The van der Waals surface area contributed by atoms with Crippen LogP contribution >= 0.6 is 23.2 Å². The molecule has 1 aromatic carbocycles. The van der Waals surface area contributed by atoms with E-state index in [-0.39, 0.29) is 6.10 Å². The van der Waals surface area contributed by atoms with Crippen molar-refractivity contribution in [2.75, 3.05) is 13.1 Å². The monoisotopic (exact) mass is 339 g/mol. The fourth-order valence-electron chi connectivity index (χ4n) is 2.79. The largest absolute Gasteiger partial charge is 0.393 e. The maximum absolute atomic E-state index is 9.60. The smallest absolute Gasteiger partial charge is 0.137 e. The molecule has 0 spiro atoms. The van der Waals surface area contributed by atoms with Crippen molar-refractivity contribution in [3.8, 4) is 5.69 Å². The van der Waals surface area contributed by atoms with Gasteiger partial charge in [0.15, 0.2) is 0 Å². The number of aliphatic hydroxyl groups is 1. The quantitative estimate of drug-likeness (QED) is 0.931. The average Bonchev–Trinajstić information content (AvgIpc) is 2.77. The second-order valence-corrected chi connectivity index (χ2v) is 6.55. The normalized spacial score (nSPS) is 17.1. The SMILES string of the molecule is Cc1nn(-c2cccc(Cl)c2)c(Cl)c1CN1CCC(O)CC1. The summed E-state index contributed by atoms with van der Waals surface area (Å²) >= 11 is 12.6. The molecule has 0 bridgehead atoms. The molecule has 1 fully saturated rings. The minimum Gasteiger partial charge on any atom is -0.393 e. The molecule has 0 amide bonds. The van der Waals surface area contributed by atoms with E-state index in [2.05, 4.69) is 10.00 Å². The summed E-state index contributed by atoms with van der Waals surface area (Å²) in [5.41, 5.74) is 2.83. The fourth-order valence-corrected chi connectivity index (χ4v) is 3.31. The van der Waals surface area contributed by atoms with Crippen LogP contribution in [0.3, 0.4) is 0 Å². The van der Waals surface area contributed by atoms with Gasteiger partial charge in [-0.1, -0.05) is 29.3 Å². The van der Waals surface area contributed by atoms with E-state index in [1.165, 1.54) is 0 Å². The van der Waals surface area contributed by atoms with Crippen LogP contribution in [-0.2, 0) is 6.54 Å². The molecule has 0 radical (unpaired) electrons. The Morgan fingerprint density at radius 3 is 2.68 bits per heavy atom. The van der Waals surface area contributed by atoms with Crippen LogP contribution in [0.5, 0.6) is 0 Å². The average molecular weight is 340 g/mol. The summed E-state index contributed by atoms with van der Waals surface area (Å²) in [7, 11) is 0. The molecule has 6 heteroatoms. The van der Waals surface area contributed by atoms with Gasteiger partial charge in [0.05, 0.1) is 17.5 Å². The van der Waals surface area contributed by atoms with Crippen molar-refractivity contribution in [2.24, 2.45) is 0 Å². The van der Waals surface area contributed by atoms with Crippen LogP contribution in [-0.4, -0.2) is 39.0 Å². The summed E-state index contributed by atoms with van der Waals surface area (Å²) < 4.78 is 1.73. The summed E-state index contributed by atoms with van der Waals surface area (Å²) in [4.78, 5) is 2.31. The van der Waals surface area contributed by atoms with Gasteiger partial charge in [-0.25, -0.2) is 4.68 Å². The summed E-state index contributed by atoms with van der Waals surface area (Å²) in [6.45, 7) is 4.51. The van der Waals surface area contributed by atoms with Crippen molar-refractivity contribution in [1.29, 1.82) is 0 Å². The van der Waals surface area contributed by atoms with Crippen LogP contribution < -0.4 is 0 Å². The second-order valence-electron chi connectivity index (χ2n) is 5.75. The number of hydrogen-bond donors (Lipinski definition) is 1. The van der Waals surface area contributed by atoms with Crippen LogP contribution in [0.2, 0.25) is 10.2 Å². The molecule has 22 heavy (non-hydrogen) atoms. The number of likely N-dealkylation sites (tertiary alicyclic amines) is 1. The van der Waals surface area contributed by atoms with Crippen molar-refractivity contribution in [2.45, 2.75) is 32.4 Å². The van der Waals surface area contributed by atoms with Gasteiger partial charge in [-0.05, 0) is 38.0 Å². The molecule has 1 saturated heterocycles. The van der Waals surface area contributed by atoms with Gasteiger partial charge in [-0.3, -0.25) is 4.90 Å². The number of aryl methyl sites for hydroxylation is 1. The molecule has 3 rings (SSSR count). The lowest BCUT2D eigenvalue weighted by Gasteiger charge is -2.29. The van der Waals surface area contributed by atoms with Gasteiger partial charge < -0.3 is 5.11 Å². The molecule has 1 aromatic heterocycles. The molecule has 2 heterocycles. The Morgan fingerprint density at radius 2 is 2.00 bits per heavy atom. The predicted octanol–water partition coefficient (Wildman–Crippen LogP) is 3.44. The molecular weight excluding hydrogens is 321 g/mol. The molecule has 0 saturated carbocycles. The third kappa shape index (κ3) is 3.30. The molecule has 1 aliphatic rings. The number of nitrogens with zero attached hydrogens (tertiary/aromatic N) is 3. The zero-order valence-corrected chi connectivity index (χ0v) is 14.0. The first-order valence-electron chi connectivity index (χ1n) is 7.45. The molecule has 0 unspecified atom stereocenters. The van der Waals surface area contributed by atoms with Crippen molar-refractivity contribution in [1.82, 2.24) is 14.7 Å². The lowest BCUT2D eigenvalue weighted by molar-refractivity contribution is 0.0792. The van der Waals surface area contributed by atoms with Gasteiger partial charge >= 0.3 is 0 Å².